The van der Waals surface area contributed by atoms with Crippen molar-refractivity contribution in [3.8, 4) is 27.5 Å². The number of carbonyl (C=O) groups excluding carboxylic acids is 1. The Labute approximate surface area is 265 Å². The molecule has 0 radical (unpaired) electrons. The van der Waals surface area contributed by atoms with Gasteiger partial charge in [0.1, 0.15) is 5.01 Å². The number of nitrogens with zero attached hydrogens (tertiary/aromatic N) is 3. The van der Waals surface area contributed by atoms with Gasteiger partial charge in [0.15, 0.2) is 0 Å². The Balaban J connectivity index is 1.77. The highest BCUT2D eigenvalue weighted by Gasteiger charge is 2.31. The number of para-hydroxylation sites is 1. The van der Waals surface area contributed by atoms with Crippen molar-refractivity contribution >= 4 is 23.3 Å². The minimum atomic E-state index is -4.44. The van der Waals surface area contributed by atoms with E-state index in [2.05, 4.69) is 5.32 Å². The van der Waals surface area contributed by atoms with Crippen LogP contribution in [0.3, 0.4) is 0 Å². The summed E-state index contributed by atoms with van der Waals surface area (Å²) in [5.74, 6) is -0.169. The van der Waals surface area contributed by atoms with E-state index >= 15 is 0 Å². The van der Waals surface area contributed by atoms with Crippen LogP contribution in [0.15, 0.2) is 64.3 Å². The van der Waals surface area contributed by atoms with Crippen LogP contribution in [0.1, 0.15) is 67.4 Å². The molecule has 45 heavy (non-hydrogen) atoms. The molecule has 0 saturated carbocycles. The summed E-state index contributed by atoms with van der Waals surface area (Å²) in [5, 5.41) is 5.49. The van der Waals surface area contributed by atoms with Crippen LogP contribution in [-0.2, 0) is 19.0 Å². The SMILES string of the molecule is CCc1cccc(CC)c1-n1c(C=C(C)C)c(C(=O)N2CCN[C@@H](C)C2)cc(-c2nc(-c3ccc(C(F)(F)F)cc3)cs2)c1=O. The van der Waals surface area contributed by atoms with Crippen LogP contribution in [0, 0.1) is 0 Å². The first-order valence-corrected chi connectivity index (χ1v) is 16.0. The number of aryl methyl sites for hydroxylation is 2. The van der Waals surface area contributed by atoms with Crippen molar-refractivity contribution in [1.82, 2.24) is 19.8 Å². The fraction of sp³-hybridized carbons (Fsp3) is 0.343. The number of halogens is 3. The first-order valence-electron chi connectivity index (χ1n) is 15.1. The molecule has 1 fully saturated rings. The average molecular weight is 635 g/mol. The van der Waals surface area contributed by atoms with Crippen molar-refractivity contribution in [2.45, 2.75) is 59.7 Å². The van der Waals surface area contributed by atoms with Crippen molar-refractivity contribution in [3.63, 3.8) is 0 Å². The molecule has 10 heteroatoms. The molecule has 3 heterocycles. The molecule has 6 nitrogen and oxygen atoms in total. The highest BCUT2D eigenvalue weighted by atomic mass is 32.1. The summed E-state index contributed by atoms with van der Waals surface area (Å²) in [4.78, 5) is 35.5. The first kappa shape index (κ1) is 32.4. The van der Waals surface area contributed by atoms with Gasteiger partial charge in [-0.2, -0.15) is 13.2 Å². The van der Waals surface area contributed by atoms with E-state index in [1.807, 2.05) is 63.8 Å². The number of hydrogen-bond acceptors (Lipinski definition) is 5. The molecule has 0 spiro atoms. The number of aromatic nitrogens is 2. The molecule has 0 bridgehead atoms. The molecule has 1 aliphatic rings. The molecule has 0 aliphatic carbocycles. The summed E-state index contributed by atoms with van der Waals surface area (Å²) in [7, 11) is 0. The zero-order valence-electron chi connectivity index (χ0n) is 26.1. The second kappa shape index (κ2) is 13.1. The fourth-order valence-electron chi connectivity index (χ4n) is 5.74. The summed E-state index contributed by atoms with van der Waals surface area (Å²) in [6.45, 7) is 11.7. The maximum atomic E-state index is 14.7. The highest BCUT2D eigenvalue weighted by Crippen LogP contribution is 2.34. The van der Waals surface area contributed by atoms with Crippen molar-refractivity contribution < 1.29 is 18.0 Å². The number of piperazine rings is 1. The average Bonchev–Trinajstić information content (AvgIpc) is 3.50. The van der Waals surface area contributed by atoms with E-state index in [1.54, 1.807) is 16.0 Å². The van der Waals surface area contributed by atoms with Gasteiger partial charge >= 0.3 is 6.18 Å². The van der Waals surface area contributed by atoms with Crippen molar-refractivity contribution in [2.24, 2.45) is 0 Å². The van der Waals surface area contributed by atoms with Gasteiger partial charge < -0.3 is 10.2 Å². The molecular weight excluding hydrogens is 597 g/mol. The van der Waals surface area contributed by atoms with Gasteiger partial charge in [-0.15, -0.1) is 11.3 Å². The Morgan fingerprint density at radius 3 is 2.33 bits per heavy atom. The molecule has 4 aromatic rings. The number of benzene rings is 2. The third kappa shape index (κ3) is 6.67. The minimum absolute atomic E-state index is 0.123. The zero-order valence-corrected chi connectivity index (χ0v) is 26.9. The predicted octanol–water partition coefficient (Wildman–Crippen LogP) is 7.63. The molecule has 1 atom stereocenters. The van der Waals surface area contributed by atoms with Crippen LogP contribution >= 0.6 is 11.3 Å². The van der Waals surface area contributed by atoms with E-state index in [0.29, 0.717) is 60.0 Å². The number of alkyl halides is 3. The van der Waals surface area contributed by atoms with E-state index in [-0.39, 0.29) is 23.1 Å². The van der Waals surface area contributed by atoms with Gasteiger partial charge in [0.25, 0.3) is 11.5 Å². The standard InChI is InChI=1S/C35H37F3N4O2S/c1-6-23-9-8-10-24(7-2)31(23)42-30(17-21(3)4)27(33(43)41-16-15-39-22(5)19-41)18-28(34(42)44)32-40-29(20-45-32)25-11-13-26(14-12-25)35(36,37)38/h8-14,17-18,20,22,39H,6-7,15-16,19H2,1-5H3/t22-/m0/s1. The summed E-state index contributed by atoms with van der Waals surface area (Å²) >= 11 is 1.22. The van der Waals surface area contributed by atoms with Gasteiger partial charge in [-0.05, 0) is 69.0 Å². The van der Waals surface area contributed by atoms with Crippen molar-refractivity contribution in [1.29, 1.82) is 0 Å². The number of hydrogen-bond donors (Lipinski definition) is 1. The topological polar surface area (TPSA) is 67.2 Å². The van der Waals surface area contributed by atoms with Crippen molar-refractivity contribution in [3.05, 3.63) is 97.8 Å². The first-order chi connectivity index (χ1) is 21.4. The molecule has 1 amide bonds. The molecule has 236 valence electrons. The largest absolute Gasteiger partial charge is 0.416 e. The summed E-state index contributed by atoms with van der Waals surface area (Å²) in [5.41, 5.74) is 4.76. The van der Waals surface area contributed by atoms with E-state index in [1.165, 1.54) is 23.5 Å². The molecule has 0 unspecified atom stereocenters. The number of amides is 1. The fourth-order valence-corrected chi connectivity index (χ4v) is 6.58. The van der Waals surface area contributed by atoms with Crippen LogP contribution in [-0.4, -0.2) is 46.0 Å². The predicted molar refractivity (Wildman–Crippen MR) is 175 cm³/mol. The maximum Gasteiger partial charge on any atom is 0.416 e. The van der Waals surface area contributed by atoms with Gasteiger partial charge in [0, 0.05) is 36.6 Å². The lowest BCUT2D eigenvalue weighted by Gasteiger charge is -2.32. The number of rotatable bonds is 7. The quantitative estimate of drug-likeness (QED) is 0.227. The van der Waals surface area contributed by atoms with Crippen LogP contribution in [0.2, 0.25) is 0 Å². The Hall–Kier alpha value is -4.02. The van der Waals surface area contributed by atoms with E-state index in [4.69, 9.17) is 4.98 Å². The van der Waals surface area contributed by atoms with Gasteiger partial charge in [-0.25, -0.2) is 4.98 Å². The molecule has 1 N–H and O–H groups in total. The van der Waals surface area contributed by atoms with Crippen LogP contribution in [0.25, 0.3) is 33.6 Å². The van der Waals surface area contributed by atoms with Crippen LogP contribution in [0.4, 0.5) is 13.2 Å². The van der Waals surface area contributed by atoms with Gasteiger partial charge in [-0.1, -0.05) is 49.8 Å². The zero-order chi connectivity index (χ0) is 32.5. The number of pyridine rings is 1. The van der Waals surface area contributed by atoms with Crippen LogP contribution in [0.5, 0.6) is 0 Å². The lowest BCUT2D eigenvalue weighted by Crippen LogP contribution is -2.51. The summed E-state index contributed by atoms with van der Waals surface area (Å²) in [6, 6.07) is 12.6. The molecule has 1 saturated heterocycles. The highest BCUT2D eigenvalue weighted by molar-refractivity contribution is 7.13. The lowest BCUT2D eigenvalue weighted by molar-refractivity contribution is -0.137. The molecule has 2 aromatic heterocycles. The third-order valence-corrected chi connectivity index (χ3v) is 8.86. The van der Waals surface area contributed by atoms with Crippen molar-refractivity contribution in [2.75, 3.05) is 19.6 Å². The van der Waals surface area contributed by atoms with Gasteiger partial charge in [0.05, 0.1) is 33.8 Å². The Bertz CT molecular complexity index is 1780. The number of carbonyl (C=O) groups is 1. The Morgan fingerprint density at radius 2 is 1.76 bits per heavy atom. The number of allylic oxidation sites excluding steroid dienone is 1. The second-order valence-electron chi connectivity index (χ2n) is 11.6. The van der Waals surface area contributed by atoms with E-state index < -0.39 is 11.7 Å². The van der Waals surface area contributed by atoms with Gasteiger partial charge in [-0.3, -0.25) is 14.2 Å². The minimum Gasteiger partial charge on any atom is -0.336 e. The van der Waals surface area contributed by atoms with E-state index in [0.717, 1.165) is 34.5 Å². The summed E-state index contributed by atoms with van der Waals surface area (Å²) in [6.07, 6.45) is -1.18. The third-order valence-electron chi connectivity index (χ3n) is 7.98. The molecule has 2 aromatic carbocycles. The smallest absolute Gasteiger partial charge is 0.336 e. The molecule has 5 rings (SSSR count). The molecule has 1 aliphatic heterocycles. The maximum absolute atomic E-state index is 14.7. The number of nitrogens with one attached hydrogen (secondary N) is 1. The lowest BCUT2D eigenvalue weighted by atomic mass is 9.99. The second-order valence-corrected chi connectivity index (χ2v) is 12.4. The monoisotopic (exact) mass is 634 g/mol. The van der Waals surface area contributed by atoms with Crippen LogP contribution < -0.4 is 10.9 Å². The Kier molecular flexibility index (Phi) is 9.46. The van der Waals surface area contributed by atoms with E-state index in [9.17, 15) is 22.8 Å². The Morgan fingerprint density at radius 1 is 1.09 bits per heavy atom. The normalized spacial score (nSPS) is 15.3. The summed E-state index contributed by atoms with van der Waals surface area (Å²) < 4.78 is 41.2. The molecular formula is C35H37F3N4O2S. The number of thiazole rings is 1. The van der Waals surface area contributed by atoms with Gasteiger partial charge in [0.2, 0.25) is 0 Å².